The van der Waals surface area contributed by atoms with Crippen molar-refractivity contribution >= 4 is 28.9 Å². The summed E-state index contributed by atoms with van der Waals surface area (Å²) in [5.74, 6) is -0.230. The van der Waals surface area contributed by atoms with Crippen LogP contribution < -0.4 is 0 Å². The van der Waals surface area contributed by atoms with E-state index in [9.17, 15) is 18.0 Å². The first-order chi connectivity index (χ1) is 11.1. The monoisotopic (exact) mass is 356 g/mol. The van der Waals surface area contributed by atoms with Crippen LogP contribution in [0.3, 0.4) is 0 Å². The molecule has 0 radical (unpaired) electrons. The van der Waals surface area contributed by atoms with Gasteiger partial charge in [0, 0.05) is 12.1 Å². The van der Waals surface area contributed by atoms with Gasteiger partial charge in [0.05, 0.1) is 10.5 Å². The number of halogens is 3. The molecule has 0 unspecified atom stereocenters. The molecule has 1 aliphatic rings. The highest BCUT2D eigenvalue weighted by atomic mass is 32.2. The number of amidine groups is 1. The summed E-state index contributed by atoms with van der Waals surface area (Å²) < 4.78 is 38.4. The molecule has 24 heavy (non-hydrogen) atoms. The quantitative estimate of drug-likeness (QED) is 0.729. The maximum Gasteiger partial charge on any atom is 0.416 e. The number of aliphatic imine (C=N–C) groups is 1. The molecule has 0 N–H and O–H groups in total. The number of hydrogen-bond acceptors (Lipinski definition) is 3. The van der Waals surface area contributed by atoms with E-state index in [1.54, 1.807) is 11.0 Å². The fourth-order valence-electron chi connectivity index (χ4n) is 2.21. The number of carbonyl (C=O) groups excluding carboxylic acids is 1. The Balaban J connectivity index is 2.39. The van der Waals surface area contributed by atoms with Gasteiger partial charge >= 0.3 is 6.18 Å². The van der Waals surface area contributed by atoms with Crippen LogP contribution in [0.4, 0.5) is 13.2 Å². The second-order valence-corrected chi connectivity index (χ2v) is 7.02. The lowest BCUT2D eigenvalue weighted by molar-refractivity contribution is -0.137. The van der Waals surface area contributed by atoms with E-state index in [0.29, 0.717) is 15.6 Å². The van der Waals surface area contributed by atoms with Crippen LogP contribution >= 0.6 is 11.8 Å². The molecule has 2 rings (SSSR count). The van der Waals surface area contributed by atoms with Crippen molar-refractivity contribution < 1.29 is 18.0 Å². The van der Waals surface area contributed by atoms with Crippen molar-refractivity contribution in [2.24, 2.45) is 4.99 Å². The van der Waals surface area contributed by atoms with E-state index in [1.807, 2.05) is 27.7 Å². The molecule has 1 amide bonds. The summed E-state index contributed by atoms with van der Waals surface area (Å²) in [6, 6.07) is 4.88. The minimum absolute atomic E-state index is 0.0226. The number of rotatable bonds is 3. The number of amides is 1. The van der Waals surface area contributed by atoms with Gasteiger partial charge < -0.3 is 0 Å². The van der Waals surface area contributed by atoms with Crippen LogP contribution in [0.1, 0.15) is 38.8 Å². The first kappa shape index (κ1) is 18.6. The van der Waals surface area contributed by atoms with Crippen LogP contribution in [0.25, 0.3) is 6.08 Å². The molecule has 3 nitrogen and oxygen atoms in total. The van der Waals surface area contributed by atoms with Crippen LogP contribution in [0.15, 0.2) is 34.2 Å². The van der Waals surface area contributed by atoms with Crippen LogP contribution in [0.2, 0.25) is 0 Å². The number of alkyl halides is 3. The highest BCUT2D eigenvalue weighted by Crippen LogP contribution is 2.35. The summed E-state index contributed by atoms with van der Waals surface area (Å²) in [6.45, 7) is 7.57. The van der Waals surface area contributed by atoms with Gasteiger partial charge in [0.25, 0.3) is 5.91 Å². The van der Waals surface area contributed by atoms with Gasteiger partial charge in [-0.05, 0) is 63.2 Å². The van der Waals surface area contributed by atoms with E-state index in [2.05, 4.69) is 4.99 Å². The van der Waals surface area contributed by atoms with Crippen molar-refractivity contribution in [3.05, 3.63) is 40.3 Å². The van der Waals surface area contributed by atoms with Crippen LogP contribution in [0, 0.1) is 0 Å². The maximum atomic E-state index is 12.8. The zero-order chi connectivity index (χ0) is 18.1. The first-order valence-electron chi connectivity index (χ1n) is 7.57. The Morgan fingerprint density at radius 2 is 1.88 bits per heavy atom. The molecule has 1 fully saturated rings. The summed E-state index contributed by atoms with van der Waals surface area (Å²) in [4.78, 5) is 19.0. The van der Waals surface area contributed by atoms with Gasteiger partial charge in [-0.3, -0.25) is 14.7 Å². The van der Waals surface area contributed by atoms with Crippen molar-refractivity contribution in [2.45, 2.75) is 46.0 Å². The predicted molar refractivity (Wildman–Crippen MR) is 91.6 cm³/mol. The fourth-order valence-corrected chi connectivity index (χ4v) is 3.44. The summed E-state index contributed by atoms with van der Waals surface area (Å²) >= 11 is 1.20. The maximum absolute atomic E-state index is 12.8. The normalized spacial score (nSPS) is 19.4. The Bertz CT molecular complexity index is 693. The number of thioether (sulfide) groups is 1. The van der Waals surface area contributed by atoms with E-state index in [0.717, 1.165) is 12.1 Å². The lowest BCUT2D eigenvalue weighted by atomic mass is 10.1. The molecular formula is C17H19F3N2OS. The second kappa shape index (κ2) is 7.01. The van der Waals surface area contributed by atoms with Gasteiger partial charge in [-0.2, -0.15) is 13.2 Å². The summed E-state index contributed by atoms with van der Waals surface area (Å²) in [6.07, 6.45) is -2.92. The number of carbonyl (C=O) groups is 1. The van der Waals surface area contributed by atoms with Crippen LogP contribution in [0.5, 0.6) is 0 Å². The molecule has 1 aromatic rings. The van der Waals surface area contributed by atoms with Crippen molar-refractivity contribution in [3.63, 3.8) is 0 Å². The Kier molecular flexibility index (Phi) is 5.42. The smallest absolute Gasteiger partial charge is 0.284 e. The van der Waals surface area contributed by atoms with Crippen molar-refractivity contribution in [1.82, 2.24) is 4.90 Å². The Morgan fingerprint density at radius 1 is 1.21 bits per heavy atom. The summed E-state index contributed by atoms with van der Waals surface area (Å²) in [5.41, 5.74) is -0.390. The standard InChI is InChI=1S/C17H19F3N2OS/c1-10(2)21-16-22(11(3)4)15(23)14(24-16)9-12-6-5-7-13(8-12)17(18,19)20/h5-11H,1-4H3/b14-9+,21-16?. The largest absolute Gasteiger partial charge is 0.416 e. The van der Waals surface area contributed by atoms with Gasteiger partial charge in [0.2, 0.25) is 0 Å². The van der Waals surface area contributed by atoms with E-state index in [4.69, 9.17) is 0 Å². The zero-order valence-electron chi connectivity index (χ0n) is 13.9. The summed E-state index contributed by atoms with van der Waals surface area (Å²) in [7, 11) is 0. The van der Waals surface area contributed by atoms with Crippen molar-refractivity contribution in [3.8, 4) is 0 Å². The van der Waals surface area contributed by atoms with Crippen molar-refractivity contribution in [2.75, 3.05) is 0 Å². The van der Waals surface area contributed by atoms with Gasteiger partial charge in [0.15, 0.2) is 5.17 Å². The molecule has 0 aliphatic carbocycles. The molecular weight excluding hydrogens is 337 g/mol. The molecule has 1 aliphatic heterocycles. The third-order valence-corrected chi connectivity index (χ3v) is 4.23. The molecule has 0 bridgehead atoms. The Hall–Kier alpha value is -1.76. The number of nitrogens with zero attached hydrogens (tertiary/aromatic N) is 2. The fraction of sp³-hybridized carbons (Fsp3) is 0.412. The van der Waals surface area contributed by atoms with E-state index < -0.39 is 11.7 Å². The molecule has 0 saturated carbocycles. The zero-order valence-corrected chi connectivity index (χ0v) is 14.7. The molecule has 1 aromatic carbocycles. The predicted octanol–water partition coefficient (Wildman–Crippen LogP) is 4.79. The topological polar surface area (TPSA) is 32.7 Å². The average molecular weight is 356 g/mol. The van der Waals surface area contributed by atoms with Crippen LogP contribution in [-0.4, -0.2) is 28.1 Å². The third-order valence-electron chi connectivity index (χ3n) is 3.23. The van der Waals surface area contributed by atoms with E-state index >= 15 is 0 Å². The highest BCUT2D eigenvalue weighted by molar-refractivity contribution is 8.18. The van der Waals surface area contributed by atoms with E-state index in [1.165, 1.54) is 23.9 Å². The molecule has 1 saturated heterocycles. The molecule has 1 heterocycles. The molecule has 0 aromatic heterocycles. The highest BCUT2D eigenvalue weighted by Gasteiger charge is 2.35. The minimum Gasteiger partial charge on any atom is -0.284 e. The number of benzene rings is 1. The first-order valence-corrected chi connectivity index (χ1v) is 8.39. The summed E-state index contributed by atoms with van der Waals surface area (Å²) in [5, 5.41) is 0.586. The molecule has 0 atom stereocenters. The SMILES string of the molecule is CC(C)N=C1S/C(=C/c2cccc(C(F)(F)F)c2)C(=O)N1C(C)C. The van der Waals surface area contributed by atoms with Crippen molar-refractivity contribution in [1.29, 1.82) is 0 Å². The lowest BCUT2D eigenvalue weighted by Crippen LogP contribution is -2.35. The number of hydrogen-bond donors (Lipinski definition) is 0. The Labute approximate surface area is 143 Å². The average Bonchev–Trinajstić information content (AvgIpc) is 2.73. The van der Waals surface area contributed by atoms with Gasteiger partial charge in [-0.1, -0.05) is 12.1 Å². The van der Waals surface area contributed by atoms with Gasteiger partial charge in [0.1, 0.15) is 0 Å². The second-order valence-electron chi connectivity index (χ2n) is 6.01. The molecule has 0 spiro atoms. The molecule has 7 heteroatoms. The lowest BCUT2D eigenvalue weighted by Gasteiger charge is -2.20. The van der Waals surface area contributed by atoms with Crippen LogP contribution in [-0.2, 0) is 11.0 Å². The van der Waals surface area contributed by atoms with E-state index in [-0.39, 0.29) is 18.0 Å². The van der Waals surface area contributed by atoms with Gasteiger partial charge in [-0.15, -0.1) is 0 Å². The minimum atomic E-state index is -4.41. The molecule has 130 valence electrons. The van der Waals surface area contributed by atoms with Gasteiger partial charge in [-0.25, -0.2) is 0 Å². The third kappa shape index (κ3) is 4.20. The Morgan fingerprint density at radius 3 is 2.42 bits per heavy atom.